The Bertz CT molecular complexity index is 968. The van der Waals surface area contributed by atoms with Crippen LogP contribution in [0.15, 0.2) is 54.7 Å². The first-order valence-electron chi connectivity index (χ1n) is 8.54. The van der Waals surface area contributed by atoms with Gasteiger partial charge in [0.15, 0.2) is 0 Å². The highest BCUT2D eigenvalue weighted by atomic mass is 35.5. The molecule has 2 aromatic carbocycles. The maximum atomic E-state index is 12.7. The fourth-order valence-corrected chi connectivity index (χ4v) is 2.87. The maximum absolute atomic E-state index is 12.7. The molecular formula is C21H20ClN3O3. The van der Waals surface area contributed by atoms with E-state index in [4.69, 9.17) is 21.1 Å². The molecule has 0 saturated heterocycles. The second kappa shape index (κ2) is 8.63. The second-order valence-electron chi connectivity index (χ2n) is 5.96. The van der Waals surface area contributed by atoms with E-state index in [1.807, 2.05) is 31.2 Å². The van der Waals surface area contributed by atoms with E-state index in [9.17, 15) is 4.79 Å². The summed E-state index contributed by atoms with van der Waals surface area (Å²) in [4.78, 5) is 17.0. The minimum absolute atomic E-state index is 0.311. The van der Waals surface area contributed by atoms with Gasteiger partial charge in [0, 0.05) is 10.7 Å². The maximum Gasteiger partial charge on any atom is 0.264 e. The minimum atomic E-state index is -0.367. The number of carbonyl (C=O) groups excluding carboxylic acids is 1. The lowest BCUT2D eigenvalue weighted by atomic mass is 10.1. The summed E-state index contributed by atoms with van der Waals surface area (Å²) in [6.07, 6.45) is 1.63. The number of hydrogen-bond donors (Lipinski definition) is 2. The van der Waals surface area contributed by atoms with Crippen molar-refractivity contribution in [2.24, 2.45) is 0 Å². The molecule has 3 aromatic rings. The van der Waals surface area contributed by atoms with E-state index in [1.165, 1.54) is 14.2 Å². The van der Waals surface area contributed by atoms with Crippen molar-refractivity contribution in [2.75, 3.05) is 24.9 Å². The van der Waals surface area contributed by atoms with Gasteiger partial charge in [0.2, 0.25) is 0 Å². The number of carbonyl (C=O) groups is 1. The van der Waals surface area contributed by atoms with Gasteiger partial charge in [-0.2, -0.15) is 0 Å². The number of hydrogen-bond acceptors (Lipinski definition) is 5. The molecule has 0 aliphatic carbocycles. The van der Waals surface area contributed by atoms with Crippen LogP contribution in [0, 0.1) is 6.92 Å². The summed E-state index contributed by atoms with van der Waals surface area (Å²) in [7, 11) is 3.00. The van der Waals surface area contributed by atoms with E-state index < -0.39 is 0 Å². The zero-order valence-corrected chi connectivity index (χ0v) is 16.5. The summed E-state index contributed by atoms with van der Waals surface area (Å²) in [6, 6.07) is 14.3. The van der Waals surface area contributed by atoms with Gasteiger partial charge in [0.25, 0.3) is 5.91 Å². The average molecular weight is 398 g/mol. The van der Waals surface area contributed by atoms with Gasteiger partial charge in [-0.15, -0.1) is 0 Å². The van der Waals surface area contributed by atoms with Gasteiger partial charge >= 0.3 is 0 Å². The fourth-order valence-electron chi connectivity index (χ4n) is 2.69. The summed E-state index contributed by atoms with van der Waals surface area (Å²) in [5, 5.41) is 6.71. The van der Waals surface area contributed by atoms with Crippen molar-refractivity contribution in [2.45, 2.75) is 6.92 Å². The van der Waals surface area contributed by atoms with E-state index in [0.29, 0.717) is 27.9 Å². The lowest BCUT2D eigenvalue weighted by Gasteiger charge is -2.13. The van der Waals surface area contributed by atoms with Gasteiger partial charge in [-0.25, -0.2) is 4.98 Å². The van der Waals surface area contributed by atoms with Crippen LogP contribution in [0.25, 0.3) is 0 Å². The quantitative estimate of drug-likeness (QED) is 0.608. The monoisotopic (exact) mass is 397 g/mol. The molecule has 1 aromatic heterocycles. The molecule has 0 aliphatic heterocycles. The van der Waals surface area contributed by atoms with Crippen molar-refractivity contribution >= 4 is 34.7 Å². The Hall–Kier alpha value is -3.25. The van der Waals surface area contributed by atoms with Crippen LogP contribution >= 0.6 is 11.6 Å². The Kier molecular flexibility index (Phi) is 6.01. The number of nitrogens with one attached hydrogen (secondary N) is 2. The van der Waals surface area contributed by atoms with E-state index in [2.05, 4.69) is 15.6 Å². The number of ether oxygens (including phenoxy) is 2. The molecule has 7 heteroatoms. The summed E-state index contributed by atoms with van der Waals surface area (Å²) < 4.78 is 10.5. The first kappa shape index (κ1) is 19.5. The predicted molar refractivity (Wildman–Crippen MR) is 111 cm³/mol. The third kappa shape index (κ3) is 4.18. The molecule has 0 spiro atoms. The number of benzene rings is 2. The molecule has 6 nitrogen and oxygen atoms in total. The molecule has 0 unspecified atom stereocenters. The first-order valence-corrected chi connectivity index (χ1v) is 8.92. The highest BCUT2D eigenvalue weighted by Crippen LogP contribution is 2.29. The lowest BCUT2D eigenvalue weighted by molar-refractivity contribution is 0.102. The predicted octanol–water partition coefficient (Wildman–Crippen LogP) is 5.06. The number of aromatic nitrogens is 1. The topological polar surface area (TPSA) is 72.5 Å². The van der Waals surface area contributed by atoms with Gasteiger partial charge in [0.05, 0.1) is 26.1 Å². The summed E-state index contributed by atoms with van der Waals surface area (Å²) >= 11 is 6.15. The normalized spacial score (nSPS) is 10.3. The van der Waals surface area contributed by atoms with Crippen LogP contribution in [0.2, 0.25) is 5.02 Å². The highest BCUT2D eigenvalue weighted by Gasteiger charge is 2.18. The Labute approximate surface area is 168 Å². The van der Waals surface area contributed by atoms with Crippen LogP contribution in [0.3, 0.4) is 0 Å². The van der Waals surface area contributed by atoms with Crippen molar-refractivity contribution in [3.05, 3.63) is 70.9 Å². The number of methoxy groups -OCH3 is 2. The standard InChI is InChI=1S/C21H20ClN3O3/c1-13-15(22)6-4-7-16(13)24-14-10-11-19(23-12-14)25-21(26)20-17(27-2)8-5-9-18(20)28-3/h4-12,24H,1-3H3,(H,23,25,26). The zero-order valence-electron chi connectivity index (χ0n) is 15.7. The molecule has 0 aliphatic rings. The summed E-state index contributed by atoms with van der Waals surface area (Å²) in [6.45, 7) is 1.94. The molecule has 144 valence electrons. The molecule has 1 heterocycles. The molecule has 0 atom stereocenters. The van der Waals surface area contributed by atoms with Crippen molar-refractivity contribution < 1.29 is 14.3 Å². The van der Waals surface area contributed by atoms with Gasteiger partial charge in [-0.05, 0) is 48.9 Å². The molecule has 0 fully saturated rings. The van der Waals surface area contributed by atoms with Crippen LogP contribution in [0.5, 0.6) is 11.5 Å². The van der Waals surface area contributed by atoms with Gasteiger partial charge in [0.1, 0.15) is 22.9 Å². The molecular weight excluding hydrogens is 378 g/mol. The number of nitrogens with zero attached hydrogens (tertiary/aromatic N) is 1. The fraction of sp³-hybridized carbons (Fsp3) is 0.143. The number of anilines is 3. The Morgan fingerprint density at radius 3 is 2.29 bits per heavy atom. The Morgan fingerprint density at radius 2 is 1.68 bits per heavy atom. The van der Waals surface area contributed by atoms with E-state index >= 15 is 0 Å². The summed E-state index contributed by atoms with van der Waals surface area (Å²) in [5.41, 5.74) is 2.93. The molecule has 3 rings (SSSR count). The van der Waals surface area contributed by atoms with Crippen molar-refractivity contribution in [1.82, 2.24) is 4.98 Å². The number of halogens is 1. The van der Waals surface area contributed by atoms with Crippen molar-refractivity contribution in [3.63, 3.8) is 0 Å². The average Bonchev–Trinajstić information content (AvgIpc) is 2.72. The molecule has 28 heavy (non-hydrogen) atoms. The number of amides is 1. The second-order valence-corrected chi connectivity index (χ2v) is 6.37. The van der Waals surface area contributed by atoms with Gasteiger partial charge in [-0.3, -0.25) is 4.79 Å². The summed E-state index contributed by atoms with van der Waals surface area (Å²) in [5.74, 6) is 0.887. The van der Waals surface area contributed by atoms with E-state index in [1.54, 1.807) is 30.5 Å². The molecule has 0 bridgehead atoms. The highest BCUT2D eigenvalue weighted by molar-refractivity contribution is 6.31. The smallest absolute Gasteiger partial charge is 0.264 e. The van der Waals surface area contributed by atoms with Crippen LogP contribution in [-0.4, -0.2) is 25.1 Å². The van der Waals surface area contributed by atoms with E-state index in [0.717, 1.165) is 16.9 Å². The van der Waals surface area contributed by atoms with Crippen LogP contribution < -0.4 is 20.1 Å². The van der Waals surface area contributed by atoms with Gasteiger partial charge < -0.3 is 20.1 Å². The number of rotatable bonds is 6. The molecule has 1 amide bonds. The number of pyridine rings is 1. The third-order valence-corrected chi connectivity index (χ3v) is 4.62. The Balaban J connectivity index is 1.76. The van der Waals surface area contributed by atoms with Crippen LogP contribution in [-0.2, 0) is 0 Å². The van der Waals surface area contributed by atoms with Crippen molar-refractivity contribution in [3.8, 4) is 11.5 Å². The zero-order chi connectivity index (χ0) is 20.1. The van der Waals surface area contributed by atoms with Crippen LogP contribution in [0.1, 0.15) is 15.9 Å². The largest absolute Gasteiger partial charge is 0.496 e. The first-order chi connectivity index (χ1) is 13.5. The Morgan fingerprint density at radius 1 is 1.00 bits per heavy atom. The van der Waals surface area contributed by atoms with E-state index in [-0.39, 0.29) is 5.91 Å². The SMILES string of the molecule is COc1cccc(OC)c1C(=O)Nc1ccc(Nc2cccc(Cl)c2C)cn1. The van der Waals surface area contributed by atoms with Crippen LogP contribution in [0.4, 0.5) is 17.2 Å². The molecule has 0 saturated carbocycles. The molecule has 0 radical (unpaired) electrons. The molecule has 2 N–H and O–H groups in total. The minimum Gasteiger partial charge on any atom is -0.496 e. The van der Waals surface area contributed by atoms with Crippen molar-refractivity contribution in [1.29, 1.82) is 0 Å². The third-order valence-electron chi connectivity index (χ3n) is 4.21. The van der Waals surface area contributed by atoms with Gasteiger partial charge in [-0.1, -0.05) is 23.7 Å². The lowest BCUT2D eigenvalue weighted by Crippen LogP contribution is -2.15.